The summed E-state index contributed by atoms with van der Waals surface area (Å²) in [6, 6.07) is 31.6. The number of methoxy groups -OCH3 is 2. The fourth-order valence-corrected chi connectivity index (χ4v) is 5.67. The maximum absolute atomic E-state index is 11.3. The van der Waals surface area contributed by atoms with Crippen LogP contribution in [0.3, 0.4) is 0 Å². The van der Waals surface area contributed by atoms with E-state index >= 15 is 0 Å². The number of aromatic nitrogens is 1. The van der Waals surface area contributed by atoms with Crippen LogP contribution in [0.15, 0.2) is 91.0 Å². The van der Waals surface area contributed by atoms with Crippen LogP contribution in [0.4, 0.5) is 0 Å². The van der Waals surface area contributed by atoms with Crippen LogP contribution in [-0.4, -0.2) is 43.1 Å². The molecule has 0 aliphatic rings. The van der Waals surface area contributed by atoms with E-state index in [2.05, 4.69) is 90.5 Å². The van der Waals surface area contributed by atoms with Gasteiger partial charge in [0.2, 0.25) is 0 Å². The molecule has 0 spiro atoms. The van der Waals surface area contributed by atoms with Gasteiger partial charge in [-0.05, 0) is 67.3 Å². The van der Waals surface area contributed by atoms with E-state index in [4.69, 9.17) is 9.47 Å². The van der Waals surface area contributed by atoms with Gasteiger partial charge in [-0.25, -0.2) is 0 Å². The largest absolute Gasteiger partial charge is 0.493 e. The van der Waals surface area contributed by atoms with Crippen LogP contribution in [0.5, 0.6) is 11.5 Å². The highest BCUT2D eigenvalue weighted by atomic mass is 16.5. The topological polar surface area (TPSA) is 55.6 Å². The lowest BCUT2D eigenvalue weighted by Crippen LogP contribution is -2.31. The maximum Gasteiger partial charge on any atom is 0.160 e. The number of hydrogen-bond acceptors (Lipinski definition) is 4. The van der Waals surface area contributed by atoms with Crippen molar-refractivity contribution in [3.63, 3.8) is 0 Å². The van der Waals surface area contributed by atoms with Gasteiger partial charge in [0.25, 0.3) is 0 Å². The highest BCUT2D eigenvalue weighted by molar-refractivity contribution is 6.06. The van der Waals surface area contributed by atoms with Gasteiger partial charge in [-0.1, -0.05) is 78.4 Å². The molecule has 0 saturated heterocycles. The Morgan fingerprint density at radius 3 is 2.15 bits per heavy atom. The van der Waals surface area contributed by atoms with Crippen LogP contribution in [0.2, 0.25) is 0 Å². The molecule has 40 heavy (non-hydrogen) atoms. The fourth-order valence-electron chi connectivity index (χ4n) is 5.67. The summed E-state index contributed by atoms with van der Waals surface area (Å²) >= 11 is 0. The minimum atomic E-state index is -0.562. The van der Waals surface area contributed by atoms with E-state index in [9.17, 15) is 5.11 Å². The fraction of sp³-hybridized carbons (Fsp3) is 0.257. The van der Waals surface area contributed by atoms with Gasteiger partial charge in [0, 0.05) is 17.5 Å². The number of hydrogen-bond donors (Lipinski definition) is 2. The second-order valence-electron chi connectivity index (χ2n) is 10.3. The predicted molar refractivity (Wildman–Crippen MR) is 164 cm³/mol. The Morgan fingerprint density at radius 1 is 0.800 bits per heavy atom. The van der Waals surface area contributed by atoms with Crippen molar-refractivity contribution in [1.29, 1.82) is 0 Å². The van der Waals surface area contributed by atoms with Crippen molar-refractivity contribution in [2.45, 2.75) is 32.9 Å². The van der Waals surface area contributed by atoms with Crippen LogP contribution < -0.4 is 14.8 Å². The molecule has 4 aromatic carbocycles. The molecule has 0 aliphatic carbocycles. The van der Waals surface area contributed by atoms with Gasteiger partial charge in [-0.3, -0.25) is 0 Å². The maximum atomic E-state index is 11.3. The Morgan fingerprint density at radius 2 is 1.48 bits per heavy atom. The first kappa shape index (κ1) is 27.5. The zero-order valence-electron chi connectivity index (χ0n) is 23.8. The van der Waals surface area contributed by atoms with E-state index in [-0.39, 0.29) is 0 Å². The smallest absolute Gasteiger partial charge is 0.160 e. The third-order valence-electron chi connectivity index (χ3n) is 7.41. The summed E-state index contributed by atoms with van der Waals surface area (Å²) in [4.78, 5) is 0. The monoisotopic (exact) mass is 534 g/mol. The molecule has 0 amide bonds. The molecule has 1 aromatic heterocycles. The van der Waals surface area contributed by atoms with Crippen LogP contribution in [0, 0.1) is 13.8 Å². The standard InChI is InChI=1S/C35H38N2O3/c1-24-19-25(2)34-30(20-24)33(27-11-7-5-8-12-27)35(28-13-9-6-10-14-28)37(34)23-29(38)22-36-18-17-26-15-16-31(39-3)32(21-26)40-4/h5-16,19-21,29,36,38H,17-18,22-23H2,1-4H3/t29-/m0/s1. The van der Waals surface area contributed by atoms with Gasteiger partial charge in [-0.2, -0.15) is 0 Å². The van der Waals surface area contributed by atoms with Gasteiger partial charge in [-0.15, -0.1) is 0 Å². The predicted octanol–water partition coefficient (Wildman–Crippen LogP) is 6.80. The summed E-state index contributed by atoms with van der Waals surface area (Å²) in [7, 11) is 3.29. The highest BCUT2D eigenvalue weighted by Gasteiger charge is 2.23. The quantitative estimate of drug-likeness (QED) is 0.183. The van der Waals surface area contributed by atoms with Crippen molar-refractivity contribution in [1.82, 2.24) is 9.88 Å². The minimum absolute atomic E-state index is 0.487. The van der Waals surface area contributed by atoms with Gasteiger partial charge in [0.05, 0.1) is 38.1 Å². The van der Waals surface area contributed by atoms with Crippen molar-refractivity contribution in [2.24, 2.45) is 0 Å². The van der Waals surface area contributed by atoms with Gasteiger partial charge in [0.15, 0.2) is 11.5 Å². The lowest BCUT2D eigenvalue weighted by Gasteiger charge is -2.18. The van der Waals surface area contributed by atoms with Crippen molar-refractivity contribution >= 4 is 10.9 Å². The first-order valence-corrected chi connectivity index (χ1v) is 13.8. The summed E-state index contributed by atoms with van der Waals surface area (Å²) < 4.78 is 13.1. The number of nitrogens with zero attached hydrogens (tertiary/aromatic N) is 1. The van der Waals surface area contributed by atoms with Gasteiger partial charge >= 0.3 is 0 Å². The first-order valence-electron chi connectivity index (χ1n) is 13.8. The van der Waals surface area contributed by atoms with E-state index in [0.29, 0.717) is 13.1 Å². The number of nitrogens with one attached hydrogen (secondary N) is 1. The van der Waals surface area contributed by atoms with Gasteiger partial charge < -0.3 is 24.5 Å². The zero-order valence-corrected chi connectivity index (χ0v) is 23.8. The Bertz CT molecular complexity index is 1580. The Kier molecular flexibility index (Phi) is 8.54. The molecule has 1 heterocycles. The van der Waals surface area contributed by atoms with Crippen molar-refractivity contribution in [3.05, 3.63) is 108 Å². The molecule has 0 bridgehead atoms. The van der Waals surface area contributed by atoms with Gasteiger partial charge in [0.1, 0.15) is 0 Å². The summed E-state index contributed by atoms with van der Waals surface area (Å²) in [5.41, 5.74) is 9.44. The van der Waals surface area contributed by atoms with Crippen LogP contribution in [-0.2, 0) is 13.0 Å². The van der Waals surface area contributed by atoms with Crippen LogP contribution in [0.25, 0.3) is 33.3 Å². The number of aliphatic hydroxyl groups excluding tert-OH is 1. The molecule has 5 aromatic rings. The lowest BCUT2D eigenvalue weighted by molar-refractivity contribution is 0.154. The SMILES string of the molecule is COc1ccc(CCNC[C@H](O)Cn2c(-c3ccccc3)c(-c3ccccc3)c3cc(C)cc(C)c32)cc1OC. The third kappa shape index (κ3) is 5.76. The van der Waals surface area contributed by atoms with E-state index in [1.54, 1.807) is 14.2 Å². The Hall–Kier alpha value is -4.06. The van der Waals surface area contributed by atoms with Crippen LogP contribution >= 0.6 is 0 Å². The van der Waals surface area contributed by atoms with Crippen molar-refractivity contribution in [3.8, 4) is 33.9 Å². The zero-order chi connectivity index (χ0) is 28.1. The summed E-state index contributed by atoms with van der Waals surface area (Å²) in [6.45, 7) is 6.05. The Labute approximate surface area is 237 Å². The molecule has 0 fully saturated rings. The van der Waals surface area contributed by atoms with Crippen LogP contribution in [0.1, 0.15) is 16.7 Å². The molecule has 1 atom stereocenters. The molecule has 2 N–H and O–H groups in total. The number of aliphatic hydroxyl groups is 1. The number of rotatable bonds is 11. The normalized spacial score (nSPS) is 12.0. The van der Waals surface area contributed by atoms with E-state index in [0.717, 1.165) is 41.3 Å². The number of ether oxygens (including phenoxy) is 2. The second-order valence-corrected chi connectivity index (χ2v) is 10.3. The van der Waals surface area contributed by atoms with E-state index in [1.165, 1.54) is 33.2 Å². The molecular weight excluding hydrogens is 496 g/mol. The number of fused-ring (bicyclic) bond motifs is 1. The Balaban J connectivity index is 1.43. The third-order valence-corrected chi connectivity index (χ3v) is 7.41. The highest BCUT2D eigenvalue weighted by Crippen LogP contribution is 2.42. The second kappa shape index (κ2) is 12.4. The van der Waals surface area contributed by atoms with Crippen molar-refractivity contribution in [2.75, 3.05) is 27.3 Å². The van der Waals surface area contributed by atoms with Crippen molar-refractivity contribution < 1.29 is 14.6 Å². The summed E-state index contributed by atoms with van der Waals surface area (Å²) in [6.07, 6.45) is 0.263. The van der Waals surface area contributed by atoms with E-state index in [1.807, 2.05) is 24.3 Å². The molecular formula is C35H38N2O3. The summed E-state index contributed by atoms with van der Waals surface area (Å²) in [5.74, 6) is 1.45. The van der Waals surface area contributed by atoms with E-state index < -0.39 is 6.10 Å². The lowest BCUT2D eigenvalue weighted by atomic mass is 9.97. The molecule has 5 heteroatoms. The molecule has 5 rings (SSSR count). The average Bonchev–Trinajstić information content (AvgIpc) is 3.29. The molecule has 0 saturated carbocycles. The molecule has 0 unspecified atom stereocenters. The first-order chi connectivity index (χ1) is 19.5. The number of benzene rings is 4. The molecule has 5 nitrogen and oxygen atoms in total. The molecule has 0 aliphatic heterocycles. The molecule has 0 radical (unpaired) electrons. The number of aryl methyl sites for hydroxylation is 2. The average molecular weight is 535 g/mol. The summed E-state index contributed by atoms with van der Waals surface area (Å²) in [5, 5.41) is 16.0. The minimum Gasteiger partial charge on any atom is -0.493 e. The molecule has 206 valence electrons.